The Balaban J connectivity index is 1.63. The summed E-state index contributed by atoms with van der Waals surface area (Å²) in [5, 5.41) is 29.3. The van der Waals surface area contributed by atoms with Gasteiger partial charge in [0, 0.05) is 13.1 Å². The second kappa shape index (κ2) is 8.26. The number of rotatable bonds is 8. The molecular weight excluding hydrogens is 339 g/mol. The first-order valence-electron chi connectivity index (χ1n) is 9.02. The number of carboxylic acids is 1. The smallest absolute Gasteiger partial charge is 0.522 e. The van der Waals surface area contributed by atoms with Gasteiger partial charge in [0.2, 0.25) is 0 Å². The van der Waals surface area contributed by atoms with Crippen LogP contribution >= 0.6 is 0 Å². The number of ether oxygens (including phenoxy) is 1. The molecule has 2 aliphatic heterocycles. The molecule has 9 heteroatoms. The minimum absolute atomic E-state index is 0.0526. The molecular formula is C17H25BN2O6. The number of benzene rings is 1. The molecule has 0 bridgehead atoms. The lowest BCUT2D eigenvalue weighted by molar-refractivity contribution is -0.0935. The minimum atomic E-state index is -1.15. The minimum Gasteiger partial charge on any atom is -0.535 e. The van der Waals surface area contributed by atoms with Crippen LogP contribution in [0.25, 0.3) is 0 Å². The number of carbonyl (C=O) groups is 1. The van der Waals surface area contributed by atoms with Crippen molar-refractivity contribution in [2.75, 3.05) is 19.6 Å². The Morgan fingerprint density at radius 1 is 1.42 bits per heavy atom. The molecule has 26 heavy (non-hydrogen) atoms. The molecule has 1 fully saturated rings. The number of hydrogen-bond donors (Lipinski definition) is 4. The maximum Gasteiger partial charge on any atom is 0.522 e. The van der Waals surface area contributed by atoms with Crippen LogP contribution in [0, 0.1) is 0 Å². The molecule has 5 N–H and O–H groups in total. The maximum atomic E-state index is 11.7. The van der Waals surface area contributed by atoms with Gasteiger partial charge in [-0.05, 0) is 50.2 Å². The van der Waals surface area contributed by atoms with Crippen LogP contribution in [-0.4, -0.2) is 65.2 Å². The van der Waals surface area contributed by atoms with Gasteiger partial charge in [0.15, 0.2) is 0 Å². The van der Waals surface area contributed by atoms with Gasteiger partial charge in [-0.3, -0.25) is 4.90 Å². The van der Waals surface area contributed by atoms with Crippen molar-refractivity contribution < 1.29 is 29.4 Å². The van der Waals surface area contributed by atoms with Crippen molar-refractivity contribution in [1.82, 2.24) is 4.90 Å². The summed E-state index contributed by atoms with van der Waals surface area (Å²) in [6.07, 6.45) is 2.69. The fraction of sp³-hybridized carbons (Fsp3) is 0.588. The molecule has 0 amide bonds. The van der Waals surface area contributed by atoms with Crippen molar-refractivity contribution in [3.63, 3.8) is 0 Å². The molecule has 142 valence electrons. The molecule has 0 spiro atoms. The van der Waals surface area contributed by atoms with Crippen molar-refractivity contribution in [3.8, 4) is 11.5 Å². The molecule has 0 aromatic heterocycles. The number of fused-ring (bicyclic) bond motifs is 1. The van der Waals surface area contributed by atoms with E-state index in [1.807, 2.05) is 4.90 Å². The number of likely N-dealkylation sites (tertiary alicyclic amines) is 1. The number of nitrogens with two attached hydrogens (primary N) is 1. The molecule has 8 nitrogen and oxygen atoms in total. The molecule has 1 saturated heterocycles. The third-order valence-corrected chi connectivity index (χ3v) is 4.84. The summed E-state index contributed by atoms with van der Waals surface area (Å²) in [5.74, 6) is -0.733. The Bertz CT molecular complexity index is 652. The Kier molecular flexibility index (Phi) is 6.03. The Labute approximate surface area is 152 Å². The van der Waals surface area contributed by atoms with E-state index in [2.05, 4.69) is 0 Å². The second-order valence-electron chi connectivity index (χ2n) is 6.80. The van der Waals surface area contributed by atoms with Crippen molar-refractivity contribution in [3.05, 3.63) is 23.3 Å². The quantitative estimate of drug-likeness (QED) is 0.384. The number of aromatic carboxylic acids is 1. The number of carboxylic acid groups (broad SMARTS) is 1. The van der Waals surface area contributed by atoms with Crippen LogP contribution in [0.3, 0.4) is 0 Å². The normalized spacial score (nSPS) is 18.7. The molecule has 1 unspecified atom stereocenters. The van der Waals surface area contributed by atoms with Gasteiger partial charge in [-0.2, -0.15) is 0 Å². The molecule has 1 aromatic rings. The highest BCUT2D eigenvalue weighted by molar-refractivity contribution is 6.44. The second-order valence-corrected chi connectivity index (χ2v) is 6.80. The van der Waals surface area contributed by atoms with E-state index >= 15 is 0 Å². The summed E-state index contributed by atoms with van der Waals surface area (Å²) in [6.45, 7) is 1.68. The van der Waals surface area contributed by atoms with E-state index in [1.165, 1.54) is 0 Å². The fourth-order valence-electron chi connectivity index (χ4n) is 3.33. The Morgan fingerprint density at radius 2 is 2.19 bits per heavy atom. The van der Waals surface area contributed by atoms with Crippen molar-refractivity contribution in [2.24, 2.45) is 5.73 Å². The van der Waals surface area contributed by atoms with Crippen LogP contribution in [0.1, 0.15) is 35.2 Å². The monoisotopic (exact) mass is 364 g/mol. The lowest BCUT2D eigenvalue weighted by Gasteiger charge is -2.42. The highest BCUT2D eigenvalue weighted by Crippen LogP contribution is 2.37. The van der Waals surface area contributed by atoms with Gasteiger partial charge >= 0.3 is 13.1 Å². The van der Waals surface area contributed by atoms with E-state index in [-0.39, 0.29) is 23.2 Å². The van der Waals surface area contributed by atoms with E-state index in [4.69, 9.17) is 15.1 Å². The lowest BCUT2D eigenvalue weighted by Crippen LogP contribution is -2.57. The number of aliphatic hydroxyl groups is 1. The first-order chi connectivity index (χ1) is 12.5. The van der Waals surface area contributed by atoms with Crippen LogP contribution in [0.5, 0.6) is 11.5 Å². The number of aryl methyl sites for hydroxylation is 1. The van der Waals surface area contributed by atoms with Crippen LogP contribution in [0.15, 0.2) is 12.1 Å². The summed E-state index contributed by atoms with van der Waals surface area (Å²) in [7, 11) is -1.00. The molecule has 2 aliphatic rings. The third kappa shape index (κ3) is 4.12. The summed E-state index contributed by atoms with van der Waals surface area (Å²) >= 11 is 0. The molecule has 0 saturated carbocycles. The average Bonchev–Trinajstić information content (AvgIpc) is 2.56. The van der Waals surface area contributed by atoms with Crippen molar-refractivity contribution in [1.29, 1.82) is 0 Å². The van der Waals surface area contributed by atoms with Gasteiger partial charge in [0.1, 0.15) is 29.4 Å². The highest BCUT2D eigenvalue weighted by atomic mass is 16.5. The number of aliphatic hydroxyl groups excluding tert-OH is 1. The largest absolute Gasteiger partial charge is 0.535 e. The number of unbranched alkanes of at least 4 members (excludes halogenated alkanes) is 1. The van der Waals surface area contributed by atoms with Crippen molar-refractivity contribution >= 4 is 13.1 Å². The number of nitrogens with zero attached hydrogens (tertiary/aromatic N) is 1. The fourth-order valence-corrected chi connectivity index (χ4v) is 3.33. The summed E-state index contributed by atoms with van der Waals surface area (Å²) < 4.78 is 11.2. The van der Waals surface area contributed by atoms with Crippen LogP contribution in [0.4, 0.5) is 0 Å². The predicted octanol–water partition coefficient (Wildman–Crippen LogP) is 0.311. The van der Waals surface area contributed by atoms with Gasteiger partial charge in [0.25, 0.3) is 0 Å². The zero-order chi connectivity index (χ0) is 18.7. The van der Waals surface area contributed by atoms with Gasteiger partial charge in [-0.1, -0.05) is 6.07 Å². The average molecular weight is 364 g/mol. The van der Waals surface area contributed by atoms with Gasteiger partial charge in [-0.15, -0.1) is 0 Å². The molecule has 0 radical (unpaired) electrons. The van der Waals surface area contributed by atoms with E-state index in [0.29, 0.717) is 38.8 Å². The first-order valence-corrected chi connectivity index (χ1v) is 9.02. The Morgan fingerprint density at radius 3 is 2.88 bits per heavy atom. The molecule has 0 aliphatic carbocycles. The highest BCUT2D eigenvalue weighted by Gasteiger charge is 2.35. The summed E-state index contributed by atoms with van der Waals surface area (Å²) in [6, 6.07) is 3.42. The zero-order valence-corrected chi connectivity index (χ0v) is 14.6. The van der Waals surface area contributed by atoms with E-state index in [9.17, 15) is 20.0 Å². The summed E-state index contributed by atoms with van der Waals surface area (Å²) in [5.41, 5.74) is 6.15. The van der Waals surface area contributed by atoms with E-state index < -0.39 is 19.3 Å². The van der Waals surface area contributed by atoms with Crippen LogP contribution in [0.2, 0.25) is 6.32 Å². The molecule has 1 atom stereocenters. The third-order valence-electron chi connectivity index (χ3n) is 4.84. The van der Waals surface area contributed by atoms with Crippen LogP contribution in [-0.2, 0) is 6.42 Å². The van der Waals surface area contributed by atoms with Gasteiger partial charge in [-0.25, -0.2) is 4.79 Å². The SMILES string of the molecule is NCCCCC(O)N1CC(Oc2ccc3c(c2C(=O)O)OB(O)CC3)C1. The topological polar surface area (TPSA) is 125 Å². The standard InChI is InChI=1S/C17H25BN2O6/c19-8-2-1-3-14(21)20-9-12(10-20)25-13-5-4-11-6-7-18(24)26-16(11)15(13)17(22)23/h4-5,12,14,21,24H,1-3,6-10,19H2,(H,22,23). The first kappa shape index (κ1) is 19.0. The van der Waals surface area contributed by atoms with E-state index in [0.717, 1.165) is 18.4 Å². The molecule has 1 aromatic carbocycles. The molecule has 3 rings (SSSR count). The lowest BCUT2D eigenvalue weighted by atomic mass is 9.78. The Hall–Kier alpha value is -1.81. The van der Waals surface area contributed by atoms with E-state index in [1.54, 1.807) is 12.1 Å². The molecule has 2 heterocycles. The number of hydrogen-bond acceptors (Lipinski definition) is 7. The predicted molar refractivity (Wildman–Crippen MR) is 95.4 cm³/mol. The zero-order valence-electron chi connectivity index (χ0n) is 14.6. The van der Waals surface area contributed by atoms with Crippen LogP contribution < -0.4 is 15.1 Å². The summed E-state index contributed by atoms with van der Waals surface area (Å²) in [4.78, 5) is 13.6. The van der Waals surface area contributed by atoms with Crippen molar-refractivity contribution in [2.45, 2.75) is 44.3 Å². The maximum absolute atomic E-state index is 11.7. The van der Waals surface area contributed by atoms with Gasteiger partial charge in [0.05, 0.1) is 0 Å². The van der Waals surface area contributed by atoms with Gasteiger partial charge < -0.3 is 30.4 Å².